The summed E-state index contributed by atoms with van der Waals surface area (Å²) in [5.41, 5.74) is 1.09. The molecule has 0 aliphatic heterocycles. The third-order valence-electron chi connectivity index (χ3n) is 3.40. The lowest BCUT2D eigenvalue weighted by molar-refractivity contribution is -0.127. The van der Waals surface area contributed by atoms with Crippen LogP contribution in [0.5, 0.6) is 17.2 Å². The molecule has 0 radical (unpaired) electrons. The molecule has 0 saturated carbocycles. The van der Waals surface area contributed by atoms with Crippen LogP contribution in [0.4, 0.5) is 0 Å². The van der Waals surface area contributed by atoms with E-state index in [1.807, 2.05) is 55.5 Å². The minimum atomic E-state index is -0.562. The molecule has 0 bridgehead atoms. The van der Waals surface area contributed by atoms with Crippen LogP contribution in [-0.2, 0) is 4.79 Å². The Hall–Kier alpha value is -2.69. The van der Waals surface area contributed by atoms with Crippen molar-refractivity contribution in [2.45, 2.75) is 20.0 Å². The molecule has 0 spiro atoms. The molecule has 0 aliphatic carbocycles. The van der Waals surface area contributed by atoms with Crippen molar-refractivity contribution >= 4 is 5.91 Å². The number of hydrogen-bond acceptors (Lipinski definition) is 4. The van der Waals surface area contributed by atoms with Crippen molar-refractivity contribution in [3.8, 4) is 17.2 Å². The van der Waals surface area contributed by atoms with E-state index in [9.17, 15) is 4.79 Å². The van der Waals surface area contributed by atoms with Crippen molar-refractivity contribution in [1.82, 2.24) is 5.32 Å². The molecule has 0 saturated heterocycles. The number of aryl methyl sites for hydroxylation is 1. The van der Waals surface area contributed by atoms with Gasteiger partial charge in [-0.25, -0.2) is 0 Å². The Morgan fingerprint density at radius 1 is 1.08 bits per heavy atom. The minimum absolute atomic E-state index is 0.171. The summed E-state index contributed by atoms with van der Waals surface area (Å²) in [6, 6.07) is 14.9. The number of nitrogens with one attached hydrogen (secondary N) is 1. The Morgan fingerprint density at radius 2 is 1.79 bits per heavy atom. The van der Waals surface area contributed by atoms with Gasteiger partial charge in [0, 0.05) is 0 Å². The van der Waals surface area contributed by atoms with Crippen molar-refractivity contribution in [1.29, 1.82) is 0 Å². The van der Waals surface area contributed by atoms with E-state index in [2.05, 4.69) is 5.32 Å². The van der Waals surface area contributed by atoms with Crippen molar-refractivity contribution in [2.24, 2.45) is 0 Å². The maximum atomic E-state index is 12.0. The Labute approximate surface area is 142 Å². The lowest BCUT2D eigenvalue weighted by Crippen LogP contribution is -2.38. The SMILES string of the molecule is COc1ccc(OCCNC(=O)[C@@H](C)Oc2cccc(C)c2)cc1. The van der Waals surface area contributed by atoms with Crippen LogP contribution in [0.3, 0.4) is 0 Å². The highest BCUT2D eigenvalue weighted by Gasteiger charge is 2.14. The first kappa shape index (κ1) is 17.7. The Balaban J connectivity index is 1.70. The molecular weight excluding hydrogens is 306 g/mol. The van der Waals surface area contributed by atoms with E-state index in [0.29, 0.717) is 18.9 Å². The first-order valence-corrected chi connectivity index (χ1v) is 7.86. The third kappa shape index (κ3) is 5.50. The fourth-order valence-electron chi connectivity index (χ4n) is 2.11. The molecule has 2 rings (SSSR count). The molecule has 0 unspecified atom stereocenters. The monoisotopic (exact) mass is 329 g/mol. The number of amides is 1. The van der Waals surface area contributed by atoms with Crippen LogP contribution in [0.25, 0.3) is 0 Å². The van der Waals surface area contributed by atoms with Gasteiger partial charge < -0.3 is 19.5 Å². The van der Waals surface area contributed by atoms with Crippen LogP contribution in [-0.4, -0.2) is 32.3 Å². The van der Waals surface area contributed by atoms with Crippen LogP contribution in [0.2, 0.25) is 0 Å². The van der Waals surface area contributed by atoms with Crippen molar-refractivity contribution in [3.63, 3.8) is 0 Å². The number of methoxy groups -OCH3 is 1. The van der Waals surface area contributed by atoms with Gasteiger partial charge in [-0.2, -0.15) is 0 Å². The second-order valence-corrected chi connectivity index (χ2v) is 5.39. The molecule has 0 heterocycles. The molecule has 0 fully saturated rings. The molecule has 0 aliphatic rings. The zero-order chi connectivity index (χ0) is 17.4. The van der Waals surface area contributed by atoms with Gasteiger partial charge in [0.2, 0.25) is 0 Å². The van der Waals surface area contributed by atoms with Crippen LogP contribution >= 0.6 is 0 Å². The molecular formula is C19H23NO4. The van der Waals surface area contributed by atoms with Crippen LogP contribution in [0.15, 0.2) is 48.5 Å². The molecule has 2 aromatic rings. The molecule has 1 amide bonds. The number of carbonyl (C=O) groups is 1. The number of benzene rings is 2. The summed E-state index contributed by atoms with van der Waals surface area (Å²) >= 11 is 0. The maximum absolute atomic E-state index is 12.0. The first-order valence-electron chi connectivity index (χ1n) is 7.86. The van der Waals surface area contributed by atoms with Crippen LogP contribution in [0, 0.1) is 6.92 Å². The second-order valence-electron chi connectivity index (χ2n) is 5.39. The van der Waals surface area contributed by atoms with Gasteiger partial charge in [-0.05, 0) is 55.8 Å². The van der Waals surface area contributed by atoms with Crippen LogP contribution < -0.4 is 19.5 Å². The highest BCUT2D eigenvalue weighted by atomic mass is 16.5. The Morgan fingerprint density at radius 3 is 2.46 bits per heavy atom. The summed E-state index contributed by atoms with van der Waals surface area (Å²) in [6.07, 6.45) is -0.562. The smallest absolute Gasteiger partial charge is 0.260 e. The Bertz CT molecular complexity index is 655. The zero-order valence-electron chi connectivity index (χ0n) is 14.2. The normalized spacial score (nSPS) is 11.5. The van der Waals surface area contributed by atoms with E-state index in [0.717, 1.165) is 17.1 Å². The molecule has 24 heavy (non-hydrogen) atoms. The molecule has 128 valence electrons. The van der Waals surface area contributed by atoms with E-state index in [1.165, 1.54) is 0 Å². The molecule has 5 heteroatoms. The number of ether oxygens (including phenoxy) is 3. The largest absolute Gasteiger partial charge is 0.497 e. The summed E-state index contributed by atoms with van der Waals surface area (Å²) in [4.78, 5) is 12.0. The molecule has 2 aromatic carbocycles. The average Bonchev–Trinajstić information content (AvgIpc) is 2.59. The fourth-order valence-corrected chi connectivity index (χ4v) is 2.11. The third-order valence-corrected chi connectivity index (χ3v) is 3.40. The van der Waals surface area contributed by atoms with Gasteiger partial charge in [-0.1, -0.05) is 12.1 Å². The van der Waals surface area contributed by atoms with Gasteiger partial charge in [0.15, 0.2) is 6.10 Å². The van der Waals surface area contributed by atoms with Gasteiger partial charge >= 0.3 is 0 Å². The number of carbonyl (C=O) groups excluding carboxylic acids is 1. The van der Waals surface area contributed by atoms with E-state index in [1.54, 1.807) is 14.0 Å². The summed E-state index contributed by atoms with van der Waals surface area (Å²) in [6.45, 7) is 4.50. The van der Waals surface area contributed by atoms with Gasteiger partial charge in [0.25, 0.3) is 5.91 Å². The summed E-state index contributed by atoms with van der Waals surface area (Å²) in [5.74, 6) is 2.02. The summed E-state index contributed by atoms with van der Waals surface area (Å²) in [5, 5.41) is 2.80. The first-order chi connectivity index (χ1) is 11.6. The molecule has 1 atom stereocenters. The van der Waals surface area contributed by atoms with E-state index >= 15 is 0 Å². The topological polar surface area (TPSA) is 56.8 Å². The summed E-state index contributed by atoms with van der Waals surface area (Å²) < 4.78 is 16.3. The number of hydrogen-bond donors (Lipinski definition) is 1. The van der Waals surface area contributed by atoms with Crippen molar-refractivity contribution in [3.05, 3.63) is 54.1 Å². The van der Waals surface area contributed by atoms with E-state index in [-0.39, 0.29) is 5.91 Å². The van der Waals surface area contributed by atoms with Crippen molar-refractivity contribution < 1.29 is 19.0 Å². The van der Waals surface area contributed by atoms with Crippen molar-refractivity contribution in [2.75, 3.05) is 20.3 Å². The fraction of sp³-hybridized carbons (Fsp3) is 0.316. The zero-order valence-corrected chi connectivity index (χ0v) is 14.2. The predicted octanol–water partition coefficient (Wildman–Crippen LogP) is 2.97. The standard InChI is InChI=1S/C19H23NO4/c1-14-5-4-6-18(13-14)24-15(2)19(21)20-11-12-23-17-9-7-16(22-3)8-10-17/h4-10,13,15H,11-12H2,1-3H3,(H,20,21)/t15-/m1/s1. The van der Waals surface area contributed by atoms with Gasteiger partial charge in [0.1, 0.15) is 23.9 Å². The summed E-state index contributed by atoms with van der Waals surface area (Å²) in [7, 11) is 1.62. The highest BCUT2D eigenvalue weighted by molar-refractivity contribution is 5.80. The van der Waals surface area contributed by atoms with Gasteiger partial charge in [-0.3, -0.25) is 4.79 Å². The highest BCUT2D eigenvalue weighted by Crippen LogP contribution is 2.17. The maximum Gasteiger partial charge on any atom is 0.260 e. The lowest BCUT2D eigenvalue weighted by atomic mass is 10.2. The van der Waals surface area contributed by atoms with Gasteiger partial charge in [-0.15, -0.1) is 0 Å². The van der Waals surface area contributed by atoms with Crippen LogP contribution in [0.1, 0.15) is 12.5 Å². The quantitative estimate of drug-likeness (QED) is 0.757. The van der Waals surface area contributed by atoms with E-state index in [4.69, 9.17) is 14.2 Å². The molecule has 1 N–H and O–H groups in total. The van der Waals surface area contributed by atoms with Gasteiger partial charge in [0.05, 0.1) is 13.7 Å². The second kappa shape index (κ2) is 8.82. The minimum Gasteiger partial charge on any atom is -0.497 e. The predicted molar refractivity (Wildman–Crippen MR) is 92.8 cm³/mol. The van der Waals surface area contributed by atoms with E-state index < -0.39 is 6.10 Å². The Kier molecular flexibility index (Phi) is 6.49. The molecule has 5 nitrogen and oxygen atoms in total. The number of rotatable bonds is 8. The molecule has 0 aromatic heterocycles. The lowest BCUT2D eigenvalue weighted by Gasteiger charge is -2.15. The average molecular weight is 329 g/mol.